The van der Waals surface area contributed by atoms with Crippen molar-refractivity contribution in [2.24, 2.45) is 4.99 Å². The molecule has 0 unspecified atom stereocenters. The van der Waals surface area contributed by atoms with E-state index in [0.717, 1.165) is 11.3 Å². The summed E-state index contributed by atoms with van der Waals surface area (Å²) in [6.07, 6.45) is 0. The van der Waals surface area contributed by atoms with Crippen molar-refractivity contribution in [2.75, 3.05) is 13.2 Å². The van der Waals surface area contributed by atoms with Gasteiger partial charge in [-0.2, -0.15) is 4.98 Å². The van der Waals surface area contributed by atoms with E-state index in [9.17, 15) is 14.9 Å². The molecule has 3 rings (SSSR count). The number of aromatic nitrogens is 2. The monoisotopic (exact) mass is 464 g/mol. The van der Waals surface area contributed by atoms with Crippen LogP contribution in [0.4, 0.5) is 5.69 Å². The number of hydrogen-bond donors (Lipinski definition) is 0. The lowest BCUT2D eigenvalue weighted by Crippen LogP contribution is -2.11. The lowest BCUT2D eigenvalue weighted by atomic mass is 10.2. The summed E-state index contributed by atoms with van der Waals surface area (Å²) in [7, 11) is 0. The highest BCUT2D eigenvalue weighted by Gasteiger charge is 2.13. The van der Waals surface area contributed by atoms with E-state index in [4.69, 9.17) is 4.74 Å². The van der Waals surface area contributed by atoms with E-state index in [1.807, 2.05) is 34.3 Å². The van der Waals surface area contributed by atoms with E-state index >= 15 is 0 Å². The third-order valence-corrected chi connectivity index (χ3v) is 4.49. The molecule has 0 fully saturated rings. The number of nitro groups is 1. The number of ether oxygens (including phenoxy) is 1. The summed E-state index contributed by atoms with van der Waals surface area (Å²) in [6.45, 7) is 1.91. The van der Waals surface area contributed by atoms with Crippen molar-refractivity contribution in [3.05, 3.63) is 69.5 Å². The molecule has 28 heavy (non-hydrogen) atoms. The SMILES string of the molecule is Br.CCOC(=O)CN=c1nc(-c2ccccc2)n(-c2ccc([N+](=O)[O-])cc2)s1. The van der Waals surface area contributed by atoms with Gasteiger partial charge in [-0.1, -0.05) is 30.3 Å². The molecule has 0 aliphatic carbocycles. The van der Waals surface area contributed by atoms with Gasteiger partial charge in [-0.05, 0) is 30.6 Å². The van der Waals surface area contributed by atoms with Crippen molar-refractivity contribution in [3.8, 4) is 17.1 Å². The standard InChI is InChI=1S/C18H16N4O4S.BrH/c1-2-26-16(23)12-19-18-20-17(13-6-4-3-5-7-13)21(27-18)14-8-10-15(11-9-14)22(24)25;/h3-11H,2,12H2,1H3;1H. The number of halogens is 1. The number of rotatable bonds is 6. The maximum Gasteiger partial charge on any atom is 0.327 e. The number of carbonyl (C=O) groups is 1. The molecule has 0 N–H and O–H groups in total. The second-order valence-electron chi connectivity index (χ2n) is 5.36. The first-order valence-electron chi connectivity index (χ1n) is 8.15. The molecule has 0 bridgehead atoms. The minimum Gasteiger partial charge on any atom is -0.465 e. The molecule has 0 atom stereocenters. The Kier molecular flexibility index (Phi) is 7.59. The van der Waals surface area contributed by atoms with Gasteiger partial charge >= 0.3 is 5.97 Å². The van der Waals surface area contributed by atoms with Crippen LogP contribution in [0, 0.1) is 10.1 Å². The lowest BCUT2D eigenvalue weighted by molar-refractivity contribution is -0.384. The Bertz CT molecular complexity index is 1020. The Morgan fingerprint density at radius 2 is 1.89 bits per heavy atom. The summed E-state index contributed by atoms with van der Waals surface area (Å²) >= 11 is 1.24. The Morgan fingerprint density at radius 1 is 1.21 bits per heavy atom. The summed E-state index contributed by atoms with van der Waals surface area (Å²) in [6, 6.07) is 15.7. The van der Waals surface area contributed by atoms with Gasteiger partial charge < -0.3 is 4.74 Å². The minimum absolute atomic E-state index is 0. The maximum absolute atomic E-state index is 11.5. The Labute approximate surface area is 175 Å². The zero-order valence-electron chi connectivity index (χ0n) is 14.8. The second-order valence-corrected chi connectivity index (χ2v) is 6.28. The van der Waals surface area contributed by atoms with Gasteiger partial charge in [0, 0.05) is 17.7 Å². The van der Waals surface area contributed by atoms with Gasteiger partial charge in [0.05, 0.1) is 17.2 Å². The average Bonchev–Trinajstić information content (AvgIpc) is 3.12. The summed E-state index contributed by atoms with van der Waals surface area (Å²) in [5, 5.41) is 10.9. The van der Waals surface area contributed by atoms with Crippen molar-refractivity contribution < 1.29 is 14.5 Å². The van der Waals surface area contributed by atoms with Crippen LogP contribution in [0.2, 0.25) is 0 Å². The Hall–Kier alpha value is -2.85. The quantitative estimate of drug-likeness (QED) is 0.315. The van der Waals surface area contributed by atoms with E-state index in [0.29, 0.717) is 17.2 Å². The Morgan fingerprint density at radius 3 is 2.50 bits per heavy atom. The summed E-state index contributed by atoms with van der Waals surface area (Å²) in [5.74, 6) is 0.216. The van der Waals surface area contributed by atoms with Crippen molar-refractivity contribution in [1.29, 1.82) is 0 Å². The van der Waals surface area contributed by atoms with Gasteiger partial charge in [0.1, 0.15) is 6.54 Å². The molecular formula is C18H17BrN4O4S. The molecule has 1 heterocycles. The van der Waals surface area contributed by atoms with Crippen LogP contribution < -0.4 is 4.80 Å². The summed E-state index contributed by atoms with van der Waals surface area (Å²) in [4.78, 5) is 31.1. The molecular weight excluding hydrogens is 448 g/mol. The molecule has 3 aromatic rings. The van der Waals surface area contributed by atoms with Crippen molar-refractivity contribution >= 4 is 40.2 Å². The zero-order valence-corrected chi connectivity index (χ0v) is 17.4. The highest BCUT2D eigenvalue weighted by molar-refractivity contribution is 8.93. The summed E-state index contributed by atoms with van der Waals surface area (Å²) in [5.41, 5.74) is 1.59. The van der Waals surface area contributed by atoms with Crippen LogP contribution in [0.5, 0.6) is 0 Å². The van der Waals surface area contributed by atoms with E-state index < -0.39 is 10.9 Å². The number of nitro benzene ring substituents is 1. The van der Waals surface area contributed by atoms with E-state index in [-0.39, 0.29) is 29.2 Å². The fraction of sp³-hybridized carbons (Fsp3) is 0.167. The highest BCUT2D eigenvalue weighted by atomic mass is 79.9. The van der Waals surface area contributed by atoms with Crippen LogP contribution in [0.1, 0.15) is 6.92 Å². The fourth-order valence-corrected chi connectivity index (χ4v) is 3.21. The molecule has 1 aromatic heterocycles. The maximum atomic E-state index is 11.5. The van der Waals surface area contributed by atoms with Crippen molar-refractivity contribution in [3.63, 3.8) is 0 Å². The molecule has 146 valence electrons. The molecule has 10 heteroatoms. The topological polar surface area (TPSA) is 99.6 Å². The molecule has 0 saturated heterocycles. The first-order valence-corrected chi connectivity index (χ1v) is 8.92. The third kappa shape index (κ3) is 5.11. The summed E-state index contributed by atoms with van der Waals surface area (Å²) < 4.78 is 6.70. The number of nitrogens with zero attached hydrogens (tertiary/aromatic N) is 4. The van der Waals surface area contributed by atoms with Crippen LogP contribution in [0.3, 0.4) is 0 Å². The fourth-order valence-electron chi connectivity index (χ4n) is 2.34. The molecule has 0 aliphatic rings. The van der Waals surface area contributed by atoms with Gasteiger partial charge in [-0.25, -0.2) is 8.95 Å². The highest BCUT2D eigenvalue weighted by Crippen LogP contribution is 2.23. The van der Waals surface area contributed by atoms with Crippen LogP contribution in [-0.2, 0) is 9.53 Å². The van der Waals surface area contributed by atoms with Crippen molar-refractivity contribution in [2.45, 2.75) is 6.92 Å². The van der Waals surface area contributed by atoms with E-state index in [2.05, 4.69) is 9.98 Å². The number of esters is 1. The van der Waals surface area contributed by atoms with Gasteiger partial charge in [0.2, 0.25) is 4.80 Å². The smallest absolute Gasteiger partial charge is 0.327 e. The van der Waals surface area contributed by atoms with E-state index in [1.165, 1.54) is 23.7 Å². The third-order valence-electron chi connectivity index (χ3n) is 3.54. The number of non-ortho nitro benzene ring substituents is 1. The molecule has 2 aromatic carbocycles. The molecule has 0 amide bonds. The van der Waals surface area contributed by atoms with E-state index in [1.54, 1.807) is 19.1 Å². The predicted octanol–water partition coefficient (Wildman–Crippen LogP) is 3.55. The first-order chi connectivity index (χ1) is 13.1. The number of hydrogen-bond acceptors (Lipinski definition) is 7. The number of benzene rings is 2. The molecule has 8 nitrogen and oxygen atoms in total. The van der Waals surface area contributed by atoms with Gasteiger partial charge in [0.15, 0.2) is 5.82 Å². The predicted molar refractivity (Wildman–Crippen MR) is 111 cm³/mol. The van der Waals surface area contributed by atoms with Crippen LogP contribution in [-0.4, -0.2) is 33.0 Å². The van der Waals surface area contributed by atoms with Gasteiger partial charge in [-0.3, -0.25) is 14.9 Å². The zero-order chi connectivity index (χ0) is 19.2. The van der Waals surface area contributed by atoms with Crippen LogP contribution >= 0.6 is 28.5 Å². The lowest BCUT2D eigenvalue weighted by Gasteiger charge is -2.06. The van der Waals surface area contributed by atoms with Gasteiger partial charge in [-0.15, -0.1) is 17.0 Å². The Balaban J connectivity index is 0.00000280. The average molecular weight is 465 g/mol. The molecule has 0 aliphatic heterocycles. The largest absolute Gasteiger partial charge is 0.465 e. The molecule has 0 spiro atoms. The molecule has 0 radical (unpaired) electrons. The van der Waals surface area contributed by atoms with Gasteiger partial charge in [0.25, 0.3) is 5.69 Å². The first kappa shape index (κ1) is 21.5. The normalized spacial score (nSPS) is 11.0. The van der Waals surface area contributed by atoms with Crippen LogP contribution in [0.25, 0.3) is 17.1 Å². The molecule has 0 saturated carbocycles. The number of carbonyl (C=O) groups excluding carboxylic acids is 1. The second kappa shape index (κ2) is 9.90. The van der Waals surface area contributed by atoms with Crippen LogP contribution in [0.15, 0.2) is 59.6 Å². The minimum atomic E-state index is -0.445. The van der Waals surface area contributed by atoms with Crippen molar-refractivity contribution in [1.82, 2.24) is 8.94 Å².